The number of alkyl halides is 1. The topological polar surface area (TPSA) is 9.23 Å². The first kappa shape index (κ1) is 25.5. The number of halogens is 2. The van der Waals surface area contributed by atoms with Crippen LogP contribution in [0.3, 0.4) is 0 Å². The lowest BCUT2D eigenvalue weighted by atomic mass is 9.97. The van der Waals surface area contributed by atoms with E-state index in [0.717, 1.165) is 54.7 Å². The Labute approximate surface area is 198 Å². The molecule has 3 aromatic carbocycles. The highest BCUT2D eigenvalue weighted by atomic mass is 19.1. The van der Waals surface area contributed by atoms with E-state index in [-0.39, 0.29) is 12.4 Å². The van der Waals surface area contributed by atoms with E-state index in [0.29, 0.717) is 17.6 Å². The number of ether oxygens (including phenoxy) is 1. The molecule has 0 aromatic heterocycles. The van der Waals surface area contributed by atoms with E-state index >= 15 is 0 Å². The zero-order valence-electron chi connectivity index (χ0n) is 20.5. The number of benzene rings is 3. The highest BCUT2D eigenvalue weighted by Crippen LogP contribution is 2.31. The van der Waals surface area contributed by atoms with E-state index in [2.05, 4.69) is 19.9 Å². The van der Waals surface area contributed by atoms with Crippen molar-refractivity contribution in [3.63, 3.8) is 0 Å². The van der Waals surface area contributed by atoms with Crippen LogP contribution in [0.4, 0.5) is 8.78 Å². The molecule has 0 aliphatic heterocycles. The van der Waals surface area contributed by atoms with Crippen LogP contribution in [0.1, 0.15) is 90.0 Å². The lowest BCUT2D eigenvalue weighted by molar-refractivity contribution is 0.184. The predicted molar refractivity (Wildman–Crippen MR) is 138 cm³/mol. The zero-order valence-corrected chi connectivity index (χ0v) is 20.5. The van der Waals surface area contributed by atoms with Crippen molar-refractivity contribution < 1.29 is 13.5 Å². The maximum absolute atomic E-state index is 15.0. The maximum atomic E-state index is 15.0. The monoisotopic (exact) mass is 454 g/mol. The van der Waals surface area contributed by atoms with Crippen molar-refractivity contribution in [2.45, 2.75) is 97.1 Å². The van der Waals surface area contributed by atoms with E-state index < -0.39 is 6.17 Å². The molecule has 0 fully saturated rings. The number of unbranched alkanes of at least 4 members (excludes halogenated alkanes) is 8. The van der Waals surface area contributed by atoms with E-state index in [4.69, 9.17) is 4.74 Å². The SMILES string of the molecule is CCCCCCCCc1ccc2c(c1)c(F)cc1cc(OC[C@H](F)CCCCCC)ccc12. The number of fused-ring (bicyclic) bond motifs is 3. The molecule has 1 nitrogen and oxygen atoms in total. The van der Waals surface area contributed by atoms with Crippen LogP contribution in [-0.2, 0) is 6.42 Å². The van der Waals surface area contributed by atoms with E-state index in [1.165, 1.54) is 37.7 Å². The molecule has 0 aliphatic rings. The Hall–Kier alpha value is -2.16. The summed E-state index contributed by atoms with van der Waals surface area (Å²) in [6.07, 6.45) is 12.4. The predicted octanol–water partition coefficient (Wildman–Crippen LogP) is 9.72. The van der Waals surface area contributed by atoms with Crippen molar-refractivity contribution >= 4 is 21.5 Å². The fraction of sp³-hybridized carbons (Fsp3) is 0.533. The lowest BCUT2D eigenvalue weighted by Gasteiger charge is -2.12. The van der Waals surface area contributed by atoms with Gasteiger partial charge in [-0.25, -0.2) is 8.78 Å². The minimum absolute atomic E-state index is 0.0511. The average Bonchev–Trinajstić information content (AvgIpc) is 2.82. The summed E-state index contributed by atoms with van der Waals surface area (Å²) < 4.78 is 34.8. The van der Waals surface area contributed by atoms with Crippen molar-refractivity contribution in [2.24, 2.45) is 0 Å². The summed E-state index contributed by atoms with van der Waals surface area (Å²) in [6, 6.07) is 13.4. The molecule has 0 N–H and O–H groups in total. The van der Waals surface area contributed by atoms with Crippen LogP contribution in [0.25, 0.3) is 21.5 Å². The molecule has 0 heterocycles. The standard InChI is InChI=1S/C30H40F2O/c1-3-5-7-9-10-11-13-23-15-17-28-27-18-16-26(20-24(27)21-30(32)29(28)19-23)33-22-25(31)14-12-8-6-4-2/h15-21,25H,3-14,22H2,1-2H3/t25-/m1/s1. The molecule has 3 aromatic rings. The Bertz CT molecular complexity index is 997. The second-order valence-corrected chi connectivity index (χ2v) is 9.40. The van der Waals surface area contributed by atoms with Gasteiger partial charge < -0.3 is 4.74 Å². The second-order valence-electron chi connectivity index (χ2n) is 9.40. The first-order chi connectivity index (χ1) is 16.1. The van der Waals surface area contributed by atoms with Crippen molar-refractivity contribution in [2.75, 3.05) is 6.61 Å². The van der Waals surface area contributed by atoms with Crippen LogP contribution in [-0.4, -0.2) is 12.8 Å². The fourth-order valence-electron chi connectivity index (χ4n) is 4.56. The van der Waals surface area contributed by atoms with Gasteiger partial charge in [0.05, 0.1) is 0 Å². The minimum Gasteiger partial charge on any atom is -0.491 e. The van der Waals surface area contributed by atoms with Gasteiger partial charge in [0, 0.05) is 5.39 Å². The molecule has 0 radical (unpaired) electrons. The number of rotatable bonds is 15. The Morgan fingerprint density at radius 2 is 1.42 bits per heavy atom. The quantitative estimate of drug-likeness (QED) is 0.164. The summed E-state index contributed by atoms with van der Waals surface area (Å²) in [5, 5.41) is 3.39. The summed E-state index contributed by atoms with van der Waals surface area (Å²) in [6.45, 7) is 4.43. The van der Waals surface area contributed by atoms with Gasteiger partial charge in [0.1, 0.15) is 24.3 Å². The zero-order chi connectivity index (χ0) is 23.5. The van der Waals surface area contributed by atoms with E-state index in [9.17, 15) is 8.78 Å². The molecule has 180 valence electrons. The number of aryl methyl sites for hydroxylation is 1. The van der Waals surface area contributed by atoms with Gasteiger partial charge in [-0.15, -0.1) is 0 Å². The minimum atomic E-state index is -0.962. The van der Waals surface area contributed by atoms with Gasteiger partial charge in [0.15, 0.2) is 0 Å². The Morgan fingerprint density at radius 3 is 2.21 bits per heavy atom. The van der Waals surface area contributed by atoms with Gasteiger partial charge in [0.25, 0.3) is 0 Å². The van der Waals surface area contributed by atoms with Crippen molar-refractivity contribution in [3.05, 3.63) is 53.8 Å². The third-order valence-corrected chi connectivity index (χ3v) is 6.56. The summed E-state index contributed by atoms with van der Waals surface area (Å²) in [7, 11) is 0. The summed E-state index contributed by atoms with van der Waals surface area (Å²) in [5.74, 6) is 0.385. The molecule has 0 bridgehead atoms. The van der Waals surface area contributed by atoms with E-state index in [1.54, 1.807) is 6.07 Å². The van der Waals surface area contributed by atoms with Crippen LogP contribution in [0.5, 0.6) is 5.75 Å². The first-order valence-corrected chi connectivity index (χ1v) is 13.0. The molecule has 0 aliphatic carbocycles. The van der Waals surface area contributed by atoms with Gasteiger partial charge in [-0.1, -0.05) is 89.8 Å². The normalized spacial score (nSPS) is 12.5. The molecule has 33 heavy (non-hydrogen) atoms. The van der Waals surface area contributed by atoms with Crippen LogP contribution < -0.4 is 4.74 Å². The Balaban J connectivity index is 1.63. The largest absolute Gasteiger partial charge is 0.491 e. The lowest BCUT2D eigenvalue weighted by Crippen LogP contribution is -2.12. The van der Waals surface area contributed by atoms with Crippen molar-refractivity contribution in [3.8, 4) is 5.75 Å². The highest BCUT2D eigenvalue weighted by Gasteiger charge is 2.11. The smallest absolute Gasteiger partial charge is 0.134 e. The van der Waals surface area contributed by atoms with Crippen LogP contribution >= 0.6 is 0 Å². The van der Waals surface area contributed by atoms with Crippen molar-refractivity contribution in [1.82, 2.24) is 0 Å². The average molecular weight is 455 g/mol. The number of hydrogen-bond donors (Lipinski definition) is 0. The molecule has 1 atom stereocenters. The molecule has 0 spiro atoms. The van der Waals surface area contributed by atoms with Gasteiger partial charge >= 0.3 is 0 Å². The third kappa shape index (κ3) is 7.69. The van der Waals surface area contributed by atoms with E-state index in [1.807, 2.05) is 30.3 Å². The maximum Gasteiger partial charge on any atom is 0.134 e. The molecular formula is C30H40F2O. The summed E-state index contributed by atoms with van der Waals surface area (Å²) >= 11 is 0. The van der Waals surface area contributed by atoms with Gasteiger partial charge in [0.2, 0.25) is 0 Å². The van der Waals surface area contributed by atoms with Gasteiger partial charge in [-0.3, -0.25) is 0 Å². The molecule has 0 saturated carbocycles. The molecule has 0 saturated heterocycles. The summed E-state index contributed by atoms with van der Waals surface area (Å²) in [4.78, 5) is 0. The Kier molecular flexibility index (Phi) is 10.4. The summed E-state index contributed by atoms with van der Waals surface area (Å²) in [5.41, 5.74) is 1.20. The van der Waals surface area contributed by atoms with Crippen molar-refractivity contribution in [1.29, 1.82) is 0 Å². The highest BCUT2D eigenvalue weighted by molar-refractivity contribution is 6.08. The van der Waals surface area contributed by atoms with Gasteiger partial charge in [-0.05, 0) is 65.3 Å². The number of hydrogen-bond acceptors (Lipinski definition) is 1. The fourth-order valence-corrected chi connectivity index (χ4v) is 4.56. The molecule has 3 rings (SSSR count). The second kappa shape index (κ2) is 13.5. The van der Waals surface area contributed by atoms with Crippen LogP contribution in [0.15, 0.2) is 42.5 Å². The Morgan fingerprint density at radius 1 is 0.727 bits per heavy atom. The van der Waals surface area contributed by atoms with Crippen LogP contribution in [0.2, 0.25) is 0 Å². The molecule has 0 unspecified atom stereocenters. The molecule has 3 heteroatoms. The third-order valence-electron chi connectivity index (χ3n) is 6.56. The molecule has 0 amide bonds. The molecular weight excluding hydrogens is 414 g/mol. The van der Waals surface area contributed by atoms with Crippen LogP contribution in [0, 0.1) is 5.82 Å². The van der Waals surface area contributed by atoms with Gasteiger partial charge in [-0.2, -0.15) is 0 Å². The first-order valence-electron chi connectivity index (χ1n) is 13.0.